The van der Waals surface area contributed by atoms with E-state index in [1.54, 1.807) is 0 Å². The van der Waals surface area contributed by atoms with E-state index in [2.05, 4.69) is 16.0 Å². The predicted molar refractivity (Wildman–Crippen MR) is 121 cm³/mol. The molecular weight excluding hydrogens is 398 g/mol. The molecule has 1 aliphatic heterocycles. The van der Waals surface area contributed by atoms with Crippen LogP contribution in [0.4, 0.5) is 5.82 Å². The largest absolute Gasteiger partial charge is 0.378 e. The van der Waals surface area contributed by atoms with Gasteiger partial charge in [0.2, 0.25) is 0 Å². The van der Waals surface area contributed by atoms with Crippen molar-refractivity contribution in [2.24, 2.45) is 5.41 Å². The average molecular weight is 424 g/mol. The molecule has 0 radical (unpaired) electrons. The summed E-state index contributed by atoms with van der Waals surface area (Å²) < 4.78 is 6.60. The van der Waals surface area contributed by atoms with Crippen molar-refractivity contribution >= 4 is 46.0 Å². The van der Waals surface area contributed by atoms with Crippen LogP contribution in [0.5, 0.6) is 0 Å². The number of benzene rings is 1. The Hall–Kier alpha value is -2.77. The minimum absolute atomic E-state index is 0.0204. The number of H-pyrrole nitrogens is 1. The van der Waals surface area contributed by atoms with Crippen molar-refractivity contribution in [3.05, 3.63) is 55.4 Å². The van der Waals surface area contributed by atoms with Crippen LogP contribution in [0.2, 0.25) is 0 Å². The molecule has 7 heteroatoms. The lowest BCUT2D eigenvalue weighted by Gasteiger charge is -2.29. The number of fused-ring (bicyclic) bond motifs is 1. The first-order valence-corrected chi connectivity index (χ1v) is 10.8. The second-order valence-electron chi connectivity index (χ2n) is 8.38. The fraction of sp³-hybridized carbons (Fsp3) is 0.348. The molecule has 0 bridgehead atoms. The first-order chi connectivity index (χ1) is 14.3. The van der Waals surface area contributed by atoms with Gasteiger partial charge in [0, 0.05) is 35.5 Å². The summed E-state index contributed by atoms with van der Waals surface area (Å²) in [6.45, 7) is 8.40. The quantitative estimate of drug-likeness (QED) is 0.698. The lowest BCUT2D eigenvalue weighted by atomic mass is 9.91. The molecule has 0 saturated carbocycles. The number of aromatic nitrogens is 2. The molecule has 0 amide bonds. The number of thiazole rings is 1. The van der Waals surface area contributed by atoms with Gasteiger partial charge >= 0.3 is 0 Å². The fourth-order valence-electron chi connectivity index (χ4n) is 3.26. The average Bonchev–Trinajstić information content (AvgIpc) is 3.06. The van der Waals surface area contributed by atoms with E-state index < -0.39 is 5.41 Å². The van der Waals surface area contributed by atoms with Gasteiger partial charge in [-0.25, -0.2) is 4.98 Å². The number of ether oxygens (including phenoxy) is 1. The number of anilines is 1. The van der Waals surface area contributed by atoms with E-state index >= 15 is 0 Å². The number of morpholine rings is 1. The lowest BCUT2D eigenvalue weighted by Crippen LogP contribution is -2.37. The van der Waals surface area contributed by atoms with Gasteiger partial charge in [0.05, 0.1) is 27.9 Å². The molecule has 2 aromatic heterocycles. The molecule has 6 nitrogen and oxygen atoms in total. The van der Waals surface area contributed by atoms with Crippen molar-refractivity contribution in [1.82, 2.24) is 9.97 Å². The highest BCUT2D eigenvalue weighted by atomic mass is 32.1. The Bertz CT molecular complexity index is 1260. The highest BCUT2D eigenvalue weighted by Gasteiger charge is 2.19. The van der Waals surface area contributed by atoms with Gasteiger partial charge in [-0.1, -0.05) is 39.0 Å². The number of para-hydroxylation sites is 1. The van der Waals surface area contributed by atoms with E-state index in [0.717, 1.165) is 35.4 Å². The van der Waals surface area contributed by atoms with Gasteiger partial charge in [-0.05, 0) is 18.2 Å². The van der Waals surface area contributed by atoms with E-state index in [9.17, 15) is 9.59 Å². The van der Waals surface area contributed by atoms with Crippen LogP contribution in [0, 0.1) is 5.41 Å². The number of ketones is 1. The third kappa shape index (κ3) is 4.37. The molecule has 0 aliphatic carbocycles. The number of nitrogens with zero attached hydrogens (tertiary/aromatic N) is 2. The van der Waals surface area contributed by atoms with Gasteiger partial charge in [-0.3, -0.25) is 9.59 Å². The molecule has 3 aromatic rings. The standard InChI is InChI=1S/C23H25N3O3S/c1-23(2,3)19(27)14-20-25-22(28)18(30-20)13-16-12-15-6-4-5-7-17(15)24-21(16)26-8-10-29-11-9-26/h4-7,12-14H,8-11H2,1-3H3,(H,25,28)/b18-13-,20-14+. The molecule has 0 atom stereocenters. The number of aromatic amines is 1. The fourth-order valence-corrected chi connectivity index (χ4v) is 4.13. The molecule has 1 saturated heterocycles. The summed E-state index contributed by atoms with van der Waals surface area (Å²) >= 11 is 1.29. The number of carbonyl (C=O) groups is 1. The third-order valence-corrected chi connectivity index (χ3v) is 5.97. The van der Waals surface area contributed by atoms with Gasteiger partial charge in [0.15, 0.2) is 5.78 Å². The SMILES string of the molecule is CC(C)(C)C(=O)/C=c1\[nH]c(=O)/c(=C/c2cc3ccccc3nc2N2CCOCC2)s1. The summed E-state index contributed by atoms with van der Waals surface area (Å²) in [5.41, 5.74) is 1.11. The number of hydrogen-bond donors (Lipinski definition) is 1. The van der Waals surface area contributed by atoms with Gasteiger partial charge in [-0.15, -0.1) is 11.3 Å². The second kappa shape index (κ2) is 8.16. The number of rotatable bonds is 3. The molecule has 1 N–H and O–H groups in total. The van der Waals surface area contributed by atoms with Crippen molar-refractivity contribution in [2.45, 2.75) is 20.8 Å². The number of Topliss-reactive ketones (excluding diaryl/α,β-unsaturated/α-hetero) is 1. The van der Waals surface area contributed by atoms with Crippen LogP contribution in [0.1, 0.15) is 26.3 Å². The summed E-state index contributed by atoms with van der Waals surface area (Å²) in [6, 6.07) is 10.0. The summed E-state index contributed by atoms with van der Waals surface area (Å²) in [4.78, 5) is 34.8. The van der Waals surface area contributed by atoms with E-state index in [-0.39, 0.29) is 11.3 Å². The van der Waals surface area contributed by atoms with Crippen molar-refractivity contribution in [3.8, 4) is 0 Å². The maximum atomic E-state index is 12.6. The monoisotopic (exact) mass is 423 g/mol. The number of pyridine rings is 1. The number of carbonyl (C=O) groups excluding carboxylic acids is 1. The normalized spacial score (nSPS) is 16.4. The second-order valence-corrected chi connectivity index (χ2v) is 9.46. The van der Waals surface area contributed by atoms with Crippen molar-refractivity contribution in [3.63, 3.8) is 0 Å². The molecular formula is C23H25N3O3S. The molecule has 3 heterocycles. The predicted octanol–water partition coefficient (Wildman–Crippen LogP) is 2.05. The Labute approximate surface area is 178 Å². The molecule has 1 aromatic carbocycles. The van der Waals surface area contributed by atoms with E-state index in [4.69, 9.17) is 9.72 Å². The molecule has 4 rings (SSSR count). The number of hydrogen-bond acceptors (Lipinski definition) is 6. The van der Waals surface area contributed by atoms with Crippen molar-refractivity contribution in [1.29, 1.82) is 0 Å². The van der Waals surface area contributed by atoms with Crippen LogP contribution in [0.15, 0.2) is 35.1 Å². The van der Waals surface area contributed by atoms with Gasteiger partial charge in [-0.2, -0.15) is 0 Å². The Morgan fingerprint density at radius 3 is 2.70 bits per heavy atom. The molecule has 30 heavy (non-hydrogen) atoms. The van der Waals surface area contributed by atoms with Crippen LogP contribution >= 0.6 is 11.3 Å². The third-order valence-electron chi connectivity index (χ3n) is 5.01. The molecule has 0 unspecified atom stereocenters. The lowest BCUT2D eigenvalue weighted by molar-refractivity contribution is -0.119. The maximum Gasteiger partial charge on any atom is 0.266 e. The van der Waals surface area contributed by atoms with E-state index in [0.29, 0.717) is 22.4 Å². The summed E-state index contributed by atoms with van der Waals surface area (Å²) in [6.07, 6.45) is 3.39. The highest BCUT2D eigenvalue weighted by molar-refractivity contribution is 7.07. The summed E-state index contributed by atoms with van der Waals surface area (Å²) in [5.74, 6) is 0.828. The Kier molecular flexibility index (Phi) is 5.58. The Morgan fingerprint density at radius 2 is 1.97 bits per heavy atom. The first-order valence-electron chi connectivity index (χ1n) is 10.0. The van der Waals surface area contributed by atoms with Crippen molar-refractivity contribution in [2.75, 3.05) is 31.2 Å². The molecule has 156 valence electrons. The van der Waals surface area contributed by atoms with Gasteiger partial charge < -0.3 is 14.6 Å². The number of nitrogens with one attached hydrogen (secondary N) is 1. The van der Waals surface area contributed by atoms with Crippen LogP contribution < -0.4 is 19.7 Å². The maximum absolute atomic E-state index is 12.6. The molecule has 1 aliphatic rings. The topological polar surface area (TPSA) is 75.3 Å². The van der Waals surface area contributed by atoms with E-state index in [1.807, 2.05) is 51.1 Å². The molecule has 1 fully saturated rings. The Morgan fingerprint density at radius 1 is 1.23 bits per heavy atom. The minimum Gasteiger partial charge on any atom is -0.378 e. The van der Waals surface area contributed by atoms with Crippen LogP contribution in [-0.4, -0.2) is 42.1 Å². The first kappa shape index (κ1) is 20.5. The zero-order valence-electron chi connectivity index (χ0n) is 17.4. The van der Waals surface area contributed by atoms with Gasteiger partial charge in [0.25, 0.3) is 5.56 Å². The summed E-state index contributed by atoms with van der Waals surface area (Å²) in [5, 5.41) is 1.02. The smallest absolute Gasteiger partial charge is 0.266 e. The van der Waals surface area contributed by atoms with Crippen LogP contribution in [0.25, 0.3) is 23.1 Å². The zero-order chi connectivity index (χ0) is 21.3. The Balaban J connectivity index is 1.85. The van der Waals surface area contributed by atoms with Gasteiger partial charge in [0.1, 0.15) is 5.82 Å². The minimum atomic E-state index is -0.490. The zero-order valence-corrected chi connectivity index (χ0v) is 18.2. The van der Waals surface area contributed by atoms with Crippen LogP contribution in [0.3, 0.4) is 0 Å². The van der Waals surface area contributed by atoms with E-state index in [1.165, 1.54) is 17.4 Å². The highest BCUT2D eigenvalue weighted by Crippen LogP contribution is 2.25. The van der Waals surface area contributed by atoms with Crippen molar-refractivity contribution < 1.29 is 9.53 Å². The summed E-state index contributed by atoms with van der Waals surface area (Å²) in [7, 11) is 0. The van der Waals surface area contributed by atoms with Crippen LogP contribution in [-0.2, 0) is 9.53 Å². The molecule has 0 spiro atoms.